The molecule has 0 spiro atoms. The molecule has 12 N–H and O–H groups in total. The van der Waals surface area contributed by atoms with Crippen molar-refractivity contribution in [3.05, 3.63) is 72.9 Å². The number of unbranched alkanes of at least 4 members (excludes halogenated alkanes) is 43. The van der Waals surface area contributed by atoms with Gasteiger partial charge in [0.2, 0.25) is 5.91 Å². The molecule has 17 unspecified atom stereocenters. The maximum atomic E-state index is 13.5. The van der Waals surface area contributed by atoms with Crippen LogP contribution in [0.25, 0.3) is 0 Å². The summed E-state index contributed by atoms with van der Waals surface area (Å²) < 4.78 is 34.4. The number of aliphatic hydroxyl groups is 11. The second-order valence-corrected chi connectivity index (χ2v) is 30.6. The van der Waals surface area contributed by atoms with Crippen molar-refractivity contribution in [2.75, 3.05) is 26.4 Å². The lowest BCUT2D eigenvalue weighted by Crippen LogP contribution is -2.66. The Morgan fingerprint density at radius 2 is 0.632 bits per heavy atom. The van der Waals surface area contributed by atoms with Gasteiger partial charge in [-0.3, -0.25) is 4.79 Å². The van der Waals surface area contributed by atoms with E-state index < -0.39 is 124 Å². The zero-order valence-electron chi connectivity index (χ0n) is 66.4. The van der Waals surface area contributed by atoms with Crippen molar-refractivity contribution in [1.82, 2.24) is 5.32 Å². The maximum Gasteiger partial charge on any atom is 0.220 e. The van der Waals surface area contributed by atoms with Gasteiger partial charge in [-0.1, -0.05) is 324 Å². The van der Waals surface area contributed by atoms with Gasteiger partial charge in [0.05, 0.1) is 38.6 Å². The van der Waals surface area contributed by atoms with Gasteiger partial charge in [0.15, 0.2) is 18.9 Å². The molecule has 0 radical (unpaired) electrons. The van der Waals surface area contributed by atoms with Gasteiger partial charge in [0, 0.05) is 6.42 Å². The van der Waals surface area contributed by atoms with Crippen LogP contribution in [-0.2, 0) is 33.2 Å². The molecular weight excluding hydrogens is 1350 g/mol. The first-order chi connectivity index (χ1) is 51.8. The largest absolute Gasteiger partial charge is 0.394 e. The van der Waals surface area contributed by atoms with Crippen LogP contribution in [0.15, 0.2) is 72.9 Å². The molecule has 0 bridgehead atoms. The molecular formula is C87H157NO18. The van der Waals surface area contributed by atoms with Crippen LogP contribution in [-0.4, -0.2) is 193 Å². The van der Waals surface area contributed by atoms with Crippen LogP contribution in [0.3, 0.4) is 0 Å². The number of allylic oxidation sites excluding steroid dienone is 11. The Hall–Kier alpha value is -2.77. The lowest BCUT2D eigenvalue weighted by Gasteiger charge is -2.48. The number of hydrogen-bond acceptors (Lipinski definition) is 18. The van der Waals surface area contributed by atoms with Crippen LogP contribution in [0.1, 0.15) is 341 Å². The van der Waals surface area contributed by atoms with E-state index in [4.69, 9.17) is 28.4 Å². The lowest BCUT2D eigenvalue weighted by molar-refractivity contribution is -0.379. The van der Waals surface area contributed by atoms with Crippen molar-refractivity contribution < 1.29 is 89.4 Å². The summed E-state index contributed by atoms with van der Waals surface area (Å²) >= 11 is 0. The van der Waals surface area contributed by atoms with Gasteiger partial charge in [-0.2, -0.15) is 0 Å². The summed E-state index contributed by atoms with van der Waals surface area (Å²) in [4.78, 5) is 13.5. The summed E-state index contributed by atoms with van der Waals surface area (Å²) in [6.07, 6.45) is 62.1. The van der Waals surface area contributed by atoms with Crippen LogP contribution in [0, 0.1) is 0 Å². The summed E-state index contributed by atoms with van der Waals surface area (Å²) in [6, 6.07) is -0.998. The van der Waals surface area contributed by atoms with E-state index in [0.717, 1.165) is 57.8 Å². The summed E-state index contributed by atoms with van der Waals surface area (Å²) in [6.45, 7) is 1.73. The quantitative estimate of drug-likeness (QED) is 0.0199. The number of nitrogens with one attached hydrogen (secondary N) is 1. The van der Waals surface area contributed by atoms with E-state index >= 15 is 0 Å². The fraction of sp³-hybridized carbons (Fsp3) is 0.851. The van der Waals surface area contributed by atoms with Crippen LogP contribution in [0.5, 0.6) is 0 Å². The molecule has 3 aliphatic heterocycles. The molecule has 17 atom stereocenters. The highest BCUT2D eigenvalue weighted by atomic mass is 16.8. The number of carbonyl (C=O) groups is 1. The second-order valence-electron chi connectivity index (χ2n) is 30.6. The standard InChI is InChI=1S/C87H157NO18/c1-3-5-7-9-11-13-15-17-19-21-23-25-26-27-28-29-30-31-32-33-34-35-36-37-38-39-40-41-42-43-44-45-47-49-51-53-55-57-59-61-63-65-75(93)88-70(71(92)64-62-60-58-56-54-52-50-48-46-24-22-20-18-16-14-12-10-8-6-4-2)69-101-85-81(99)78(96)83(73(67-90)103-85)106-87-82(100)79(97)84(74(68-91)104-87)105-86-80(98)77(95)76(94)72(66-89)102-86/h15,17,21,23,26-27,46,48,54,56,62,64,70-74,76-87,89-92,94-100H,3-14,16,18-20,22,24-25,28-45,47,49-53,55,57-61,63,65-69H2,1-2H3,(H,88,93)/b17-15-,23-21-,27-26-,48-46+,56-54+,64-62+. The van der Waals surface area contributed by atoms with E-state index in [9.17, 15) is 61.0 Å². The normalized spacial score (nSPS) is 26.0. The Morgan fingerprint density at radius 3 is 1.01 bits per heavy atom. The monoisotopic (exact) mass is 1500 g/mol. The Labute approximate surface area is 642 Å². The molecule has 0 aromatic heterocycles. The third kappa shape index (κ3) is 45.7. The average Bonchev–Trinajstić information content (AvgIpc) is 0.780. The molecule has 0 aromatic carbocycles. The van der Waals surface area contributed by atoms with Gasteiger partial charge in [0.25, 0.3) is 0 Å². The van der Waals surface area contributed by atoms with Gasteiger partial charge in [0.1, 0.15) is 73.2 Å². The van der Waals surface area contributed by atoms with E-state index in [1.165, 1.54) is 250 Å². The molecule has 1 amide bonds. The molecule has 106 heavy (non-hydrogen) atoms. The van der Waals surface area contributed by atoms with Crippen molar-refractivity contribution in [3.63, 3.8) is 0 Å². The van der Waals surface area contributed by atoms with Crippen molar-refractivity contribution in [3.8, 4) is 0 Å². The minimum absolute atomic E-state index is 0.234. The number of aliphatic hydroxyl groups excluding tert-OH is 11. The van der Waals surface area contributed by atoms with Crippen molar-refractivity contribution in [2.24, 2.45) is 0 Å². The number of hydrogen-bond donors (Lipinski definition) is 12. The molecule has 19 heteroatoms. The predicted molar refractivity (Wildman–Crippen MR) is 425 cm³/mol. The fourth-order valence-corrected chi connectivity index (χ4v) is 14.3. The van der Waals surface area contributed by atoms with Crippen LogP contribution < -0.4 is 5.32 Å². The van der Waals surface area contributed by atoms with Gasteiger partial charge >= 0.3 is 0 Å². The Morgan fingerprint density at radius 1 is 0.340 bits per heavy atom. The molecule has 0 aliphatic carbocycles. The van der Waals surface area contributed by atoms with Crippen molar-refractivity contribution in [1.29, 1.82) is 0 Å². The minimum Gasteiger partial charge on any atom is -0.394 e. The molecule has 3 aliphatic rings. The topological polar surface area (TPSA) is 307 Å². The SMILES string of the molecule is CCCCCCC/C=C\C/C=C\C/C=C\CCCCCCCCCCCCCCCCCCCCCCCCCCCCC(=O)NC(COC1OC(CO)C(OC2OC(CO)C(OC3OC(CO)C(O)C(O)C3O)C(O)C2O)C(O)C1O)C(O)/C=C/CC/C=C/CC/C=C/CCCCCCCCCCCC. The Balaban J connectivity index is 1.30. The van der Waals surface area contributed by atoms with Crippen LogP contribution in [0.2, 0.25) is 0 Å². The van der Waals surface area contributed by atoms with E-state index in [1.54, 1.807) is 6.08 Å². The second kappa shape index (κ2) is 66.8. The van der Waals surface area contributed by atoms with E-state index in [0.29, 0.717) is 12.8 Å². The molecule has 618 valence electrons. The first-order valence-corrected chi connectivity index (χ1v) is 43.2. The highest BCUT2D eigenvalue weighted by Crippen LogP contribution is 2.33. The summed E-state index contributed by atoms with van der Waals surface area (Å²) in [5.41, 5.74) is 0. The summed E-state index contributed by atoms with van der Waals surface area (Å²) in [7, 11) is 0. The Kier molecular flexibility index (Phi) is 61.4. The lowest BCUT2D eigenvalue weighted by atomic mass is 9.96. The average molecular weight is 1510 g/mol. The minimum atomic E-state index is -1.98. The molecule has 0 aromatic rings. The van der Waals surface area contributed by atoms with Crippen LogP contribution >= 0.6 is 0 Å². The predicted octanol–water partition coefficient (Wildman–Crippen LogP) is 15.6. The van der Waals surface area contributed by atoms with Gasteiger partial charge in [-0.05, 0) is 83.5 Å². The maximum absolute atomic E-state index is 13.5. The zero-order valence-corrected chi connectivity index (χ0v) is 66.4. The van der Waals surface area contributed by atoms with Crippen molar-refractivity contribution >= 4 is 5.91 Å². The van der Waals surface area contributed by atoms with Gasteiger partial charge in [-0.25, -0.2) is 0 Å². The fourth-order valence-electron chi connectivity index (χ4n) is 14.3. The van der Waals surface area contributed by atoms with E-state index in [2.05, 4.69) is 79.9 Å². The zero-order chi connectivity index (χ0) is 76.7. The third-order valence-corrected chi connectivity index (χ3v) is 21.2. The highest BCUT2D eigenvalue weighted by molar-refractivity contribution is 5.76. The molecule has 0 saturated carbocycles. The smallest absolute Gasteiger partial charge is 0.220 e. The summed E-state index contributed by atoms with van der Waals surface area (Å²) in [5.74, 6) is -0.285. The number of carbonyl (C=O) groups excluding carboxylic acids is 1. The van der Waals surface area contributed by atoms with Crippen LogP contribution in [0.4, 0.5) is 0 Å². The molecule has 3 fully saturated rings. The first kappa shape index (κ1) is 97.4. The molecule has 3 saturated heterocycles. The van der Waals surface area contributed by atoms with Gasteiger partial charge < -0.3 is 89.9 Å². The number of amides is 1. The van der Waals surface area contributed by atoms with E-state index in [1.807, 2.05) is 6.08 Å². The molecule has 3 heterocycles. The highest BCUT2D eigenvalue weighted by Gasteiger charge is 2.54. The third-order valence-electron chi connectivity index (χ3n) is 21.2. The molecule has 3 rings (SSSR count). The molecule has 19 nitrogen and oxygen atoms in total. The Bertz CT molecular complexity index is 2190. The van der Waals surface area contributed by atoms with Gasteiger partial charge in [-0.15, -0.1) is 0 Å². The van der Waals surface area contributed by atoms with E-state index in [-0.39, 0.29) is 18.9 Å². The summed E-state index contributed by atoms with van der Waals surface area (Å²) in [5, 5.41) is 121. The van der Waals surface area contributed by atoms with Crippen molar-refractivity contribution in [2.45, 2.75) is 446 Å². The number of rotatable bonds is 69. The first-order valence-electron chi connectivity index (χ1n) is 43.2. The number of ether oxygens (including phenoxy) is 6.